The Morgan fingerprint density at radius 3 is 2.52 bits per heavy atom. The number of aliphatic imine (C=N–C) groups is 1. The number of hydrogen-bond donors (Lipinski definition) is 2. The molecule has 124 valence electrons. The minimum absolute atomic E-state index is 0.0105. The molecule has 1 aromatic rings. The molecule has 0 unspecified atom stereocenters. The molecular weight excluding hydrogens is 294 g/mol. The molecule has 0 aliphatic rings. The lowest BCUT2D eigenvalue weighted by molar-refractivity contribution is 0.0604. The summed E-state index contributed by atoms with van der Waals surface area (Å²) in [5.41, 5.74) is 1.53. The number of nitriles is 1. The second kappa shape index (κ2) is 9.03. The maximum atomic E-state index is 11.9. The third-order valence-corrected chi connectivity index (χ3v) is 2.75. The quantitative estimate of drug-likeness (QED) is 0.618. The molecule has 2 N–H and O–H groups in total. The van der Waals surface area contributed by atoms with Gasteiger partial charge in [-0.1, -0.05) is 12.1 Å². The fourth-order valence-electron chi connectivity index (χ4n) is 1.80. The van der Waals surface area contributed by atoms with Crippen molar-refractivity contribution >= 4 is 11.8 Å². The highest BCUT2D eigenvalue weighted by atomic mass is 16.6. The van der Waals surface area contributed by atoms with Crippen LogP contribution in [-0.4, -0.2) is 42.2 Å². The first kappa shape index (κ1) is 18.8. The fourth-order valence-corrected chi connectivity index (χ4v) is 1.80. The Morgan fingerprint density at radius 1 is 1.35 bits per heavy atom. The lowest BCUT2D eigenvalue weighted by Crippen LogP contribution is -2.29. The third kappa shape index (κ3) is 8.10. The first-order valence-corrected chi connectivity index (χ1v) is 7.44. The van der Waals surface area contributed by atoms with Gasteiger partial charge in [-0.05, 0) is 38.5 Å². The van der Waals surface area contributed by atoms with Gasteiger partial charge in [0.2, 0.25) is 0 Å². The summed E-state index contributed by atoms with van der Waals surface area (Å²) in [5.74, 6) is 0. The molecule has 0 radical (unpaired) electrons. The summed E-state index contributed by atoms with van der Waals surface area (Å²) in [6.07, 6.45) is -0.171. The van der Waals surface area contributed by atoms with Gasteiger partial charge in [-0.25, -0.2) is 4.79 Å². The average molecular weight is 317 g/mol. The number of aliphatic hydroxyl groups is 1. The molecule has 1 amide bonds. The molecule has 1 rings (SSSR count). The predicted octanol–water partition coefficient (Wildman–Crippen LogP) is 2.06. The predicted molar refractivity (Wildman–Crippen MR) is 88.5 cm³/mol. The van der Waals surface area contributed by atoms with Crippen molar-refractivity contribution in [3.05, 3.63) is 35.4 Å². The lowest BCUT2D eigenvalue weighted by Gasteiger charge is -2.18. The minimum Gasteiger partial charge on any atom is -0.442 e. The molecule has 0 atom stereocenters. The highest BCUT2D eigenvalue weighted by Crippen LogP contribution is 2.09. The number of hydrogen-bond acceptors (Lipinski definition) is 5. The van der Waals surface area contributed by atoms with E-state index in [1.165, 1.54) is 0 Å². The molecule has 23 heavy (non-hydrogen) atoms. The largest absolute Gasteiger partial charge is 0.442 e. The molecule has 0 fully saturated rings. The second-order valence-corrected chi connectivity index (χ2v) is 6.04. The van der Waals surface area contributed by atoms with E-state index >= 15 is 0 Å². The first-order valence-electron chi connectivity index (χ1n) is 7.44. The lowest BCUT2D eigenvalue weighted by atomic mass is 10.1. The van der Waals surface area contributed by atoms with Crippen LogP contribution in [0.2, 0.25) is 0 Å². The first-order chi connectivity index (χ1) is 10.8. The zero-order valence-corrected chi connectivity index (χ0v) is 13.8. The maximum Gasteiger partial charge on any atom is 0.434 e. The summed E-state index contributed by atoms with van der Waals surface area (Å²) < 4.78 is 5.20. The summed E-state index contributed by atoms with van der Waals surface area (Å²) >= 11 is 0. The van der Waals surface area contributed by atoms with Crippen molar-refractivity contribution in [2.75, 3.05) is 19.7 Å². The van der Waals surface area contributed by atoms with Gasteiger partial charge >= 0.3 is 6.09 Å². The fraction of sp³-hybridized carbons (Fsp3) is 0.471. The van der Waals surface area contributed by atoms with Crippen molar-refractivity contribution in [2.24, 2.45) is 4.99 Å². The van der Waals surface area contributed by atoms with Crippen molar-refractivity contribution in [1.82, 2.24) is 5.32 Å². The van der Waals surface area contributed by atoms with Gasteiger partial charge in [-0.15, -0.1) is 0 Å². The number of ether oxygens (including phenoxy) is 1. The molecule has 6 nitrogen and oxygen atoms in total. The third-order valence-electron chi connectivity index (χ3n) is 2.75. The summed E-state index contributed by atoms with van der Waals surface area (Å²) in [7, 11) is 0. The molecule has 0 spiro atoms. The Balaban J connectivity index is 2.81. The molecule has 0 aliphatic heterocycles. The normalized spacial score (nSPS) is 11.9. The van der Waals surface area contributed by atoms with Crippen LogP contribution in [0, 0.1) is 11.3 Å². The molecule has 0 aromatic heterocycles. The molecule has 0 saturated heterocycles. The highest BCUT2D eigenvalue weighted by molar-refractivity contribution is 5.96. The molecule has 0 saturated carbocycles. The molecular formula is C17H23N3O3. The Kier molecular flexibility index (Phi) is 7.39. The zero-order valence-electron chi connectivity index (χ0n) is 13.8. The highest BCUT2D eigenvalue weighted by Gasteiger charge is 2.16. The van der Waals surface area contributed by atoms with Gasteiger partial charge < -0.3 is 15.2 Å². The van der Waals surface area contributed by atoms with Crippen molar-refractivity contribution in [2.45, 2.75) is 32.8 Å². The van der Waals surface area contributed by atoms with E-state index in [0.29, 0.717) is 30.8 Å². The van der Waals surface area contributed by atoms with Crippen LogP contribution in [0.25, 0.3) is 0 Å². The Labute approximate surface area is 136 Å². The number of rotatable bonds is 6. The monoisotopic (exact) mass is 317 g/mol. The molecule has 0 heterocycles. The van der Waals surface area contributed by atoms with Gasteiger partial charge in [0.05, 0.1) is 18.2 Å². The van der Waals surface area contributed by atoms with Gasteiger partial charge in [-0.3, -0.25) is 0 Å². The van der Waals surface area contributed by atoms with E-state index in [9.17, 15) is 4.79 Å². The number of carbonyl (C=O) groups is 1. The van der Waals surface area contributed by atoms with E-state index in [1.807, 2.05) is 12.1 Å². The summed E-state index contributed by atoms with van der Waals surface area (Å²) in [6, 6.07) is 9.17. The van der Waals surface area contributed by atoms with Gasteiger partial charge in [0, 0.05) is 25.2 Å². The summed E-state index contributed by atoms with van der Waals surface area (Å²) in [6.45, 7) is 6.15. The van der Waals surface area contributed by atoms with Gasteiger partial charge in [0.25, 0.3) is 0 Å². The van der Waals surface area contributed by atoms with E-state index < -0.39 is 11.7 Å². The van der Waals surface area contributed by atoms with E-state index in [4.69, 9.17) is 15.1 Å². The Bertz CT molecular complexity index is 581. The van der Waals surface area contributed by atoms with E-state index in [0.717, 1.165) is 5.56 Å². The number of nitrogens with zero attached hydrogens (tertiary/aromatic N) is 2. The van der Waals surface area contributed by atoms with Crippen LogP contribution in [-0.2, 0) is 11.2 Å². The SMILES string of the molecule is CC(C)(C)OC(=O)/N=C(\CNCCO)Cc1ccc(C#N)cc1. The van der Waals surface area contributed by atoms with E-state index in [1.54, 1.807) is 32.9 Å². The van der Waals surface area contributed by atoms with Crippen LogP contribution < -0.4 is 5.32 Å². The number of nitrogens with one attached hydrogen (secondary N) is 1. The average Bonchev–Trinajstić information content (AvgIpc) is 2.46. The van der Waals surface area contributed by atoms with E-state index in [-0.39, 0.29) is 6.61 Å². The zero-order chi connectivity index (χ0) is 17.3. The van der Waals surface area contributed by atoms with Crippen LogP contribution in [0.15, 0.2) is 29.3 Å². The van der Waals surface area contributed by atoms with E-state index in [2.05, 4.69) is 16.4 Å². The molecule has 0 aliphatic carbocycles. The second-order valence-electron chi connectivity index (χ2n) is 6.04. The number of amides is 1. The Morgan fingerprint density at radius 2 is 2.00 bits per heavy atom. The smallest absolute Gasteiger partial charge is 0.434 e. The molecule has 0 bridgehead atoms. The molecule has 6 heteroatoms. The number of carbonyl (C=O) groups excluding carboxylic acids is 1. The van der Waals surface area contributed by atoms with Gasteiger partial charge in [0.15, 0.2) is 0 Å². The summed E-state index contributed by atoms with van der Waals surface area (Å²) in [5, 5.41) is 20.7. The van der Waals surface area contributed by atoms with Crippen LogP contribution >= 0.6 is 0 Å². The van der Waals surface area contributed by atoms with Crippen molar-refractivity contribution in [3.8, 4) is 6.07 Å². The number of aliphatic hydroxyl groups excluding tert-OH is 1. The van der Waals surface area contributed by atoms with Gasteiger partial charge in [0.1, 0.15) is 5.60 Å². The Hall–Kier alpha value is -2.23. The van der Waals surface area contributed by atoms with Crippen LogP contribution in [0.4, 0.5) is 4.79 Å². The topological polar surface area (TPSA) is 94.7 Å². The standard InChI is InChI=1S/C17H23N3O3/c1-17(2,3)23-16(22)20-15(12-19-8-9-21)10-13-4-6-14(11-18)7-5-13/h4-7,19,21H,8-10,12H2,1-3H3/b20-15-. The van der Waals surface area contributed by atoms with Crippen LogP contribution in [0.1, 0.15) is 31.9 Å². The van der Waals surface area contributed by atoms with Crippen molar-refractivity contribution < 1.29 is 14.6 Å². The van der Waals surface area contributed by atoms with Gasteiger partial charge in [-0.2, -0.15) is 10.3 Å². The number of benzene rings is 1. The minimum atomic E-state index is -0.632. The van der Waals surface area contributed by atoms with Crippen LogP contribution in [0.3, 0.4) is 0 Å². The molecule has 1 aromatic carbocycles. The summed E-state index contributed by atoms with van der Waals surface area (Å²) in [4.78, 5) is 15.9. The van der Waals surface area contributed by atoms with Crippen LogP contribution in [0.5, 0.6) is 0 Å². The van der Waals surface area contributed by atoms with Crippen molar-refractivity contribution in [1.29, 1.82) is 5.26 Å². The van der Waals surface area contributed by atoms with Crippen molar-refractivity contribution in [3.63, 3.8) is 0 Å². The maximum absolute atomic E-state index is 11.9.